The van der Waals surface area contributed by atoms with Crippen LogP contribution in [0.5, 0.6) is 5.75 Å². The van der Waals surface area contributed by atoms with Crippen LogP contribution in [0.2, 0.25) is 0 Å². The number of hydrogen-bond acceptors (Lipinski definition) is 2. The van der Waals surface area contributed by atoms with Crippen molar-refractivity contribution in [1.29, 1.82) is 0 Å². The first-order valence-electron chi connectivity index (χ1n) is 10.2. The van der Waals surface area contributed by atoms with Crippen LogP contribution in [0.25, 0.3) is 21.2 Å². The second kappa shape index (κ2) is 9.15. The lowest BCUT2D eigenvalue weighted by Crippen LogP contribution is -1.89. The molecule has 0 unspecified atom stereocenters. The molecule has 0 bridgehead atoms. The lowest BCUT2D eigenvalue weighted by atomic mass is 10.0. The van der Waals surface area contributed by atoms with Crippen molar-refractivity contribution in [2.24, 2.45) is 0 Å². The van der Waals surface area contributed by atoms with E-state index in [0.29, 0.717) is 12.2 Å². The average Bonchev–Trinajstić information content (AvgIpc) is 3.16. The van der Waals surface area contributed by atoms with Gasteiger partial charge in [-0.05, 0) is 71.8 Å². The van der Waals surface area contributed by atoms with Gasteiger partial charge in [-0.2, -0.15) is 0 Å². The molecule has 0 saturated carbocycles. The van der Waals surface area contributed by atoms with E-state index in [1.54, 1.807) is 23.5 Å². The number of halogens is 1. The second-order valence-corrected chi connectivity index (χ2v) is 8.22. The van der Waals surface area contributed by atoms with E-state index in [1.165, 1.54) is 5.56 Å². The van der Waals surface area contributed by atoms with Gasteiger partial charge in [0.2, 0.25) is 0 Å². The summed E-state index contributed by atoms with van der Waals surface area (Å²) in [6, 6.07) is 21.6. The molecule has 0 aliphatic heterocycles. The minimum absolute atomic E-state index is 0.294. The predicted octanol–water partition coefficient (Wildman–Crippen LogP) is 7.46. The van der Waals surface area contributed by atoms with Crippen LogP contribution in [0.15, 0.2) is 66.7 Å². The van der Waals surface area contributed by atoms with Crippen LogP contribution in [0.3, 0.4) is 0 Å². The molecular formula is C27H23FOS. The molecule has 0 radical (unpaired) electrons. The van der Waals surface area contributed by atoms with Crippen LogP contribution in [-0.2, 0) is 6.42 Å². The maximum Gasteiger partial charge on any atom is 0.139 e. The Morgan fingerprint density at radius 2 is 1.67 bits per heavy atom. The monoisotopic (exact) mass is 414 g/mol. The van der Waals surface area contributed by atoms with Crippen molar-refractivity contribution in [3.8, 4) is 28.7 Å². The van der Waals surface area contributed by atoms with Gasteiger partial charge in [0.15, 0.2) is 0 Å². The number of aryl methyl sites for hydroxylation is 1. The lowest BCUT2D eigenvalue weighted by Gasteiger charge is -2.05. The van der Waals surface area contributed by atoms with Crippen molar-refractivity contribution < 1.29 is 9.13 Å². The molecule has 0 amide bonds. The smallest absolute Gasteiger partial charge is 0.139 e. The first-order valence-corrected chi connectivity index (χ1v) is 11.0. The fourth-order valence-electron chi connectivity index (χ4n) is 3.41. The van der Waals surface area contributed by atoms with E-state index >= 15 is 0 Å². The number of hydrogen-bond donors (Lipinski definition) is 0. The Balaban J connectivity index is 1.56. The lowest BCUT2D eigenvalue weighted by molar-refractivity contribution is 0.341. The van der Waals surface area contributed by atoms with Gasteiger partial charge in [0.05, 0.1) is 17.0 Å². The average molecular weight is 415 g/mol. The van der Waals surface area contributed by atoms with Gasteiger partial charge in [-0.25, -0.2) is 4.39 Å². The zero-order valence-corrected chi connectivity index (χ0v) is 18.0. The molecule has 0 atom stereocenters. The molecule has 4 rings (SSSR count). The molecule has 4 aromatic rings. The molecule has 1 heterocycles. The summed E-state index contributed by atoms with van der Waals surface area (Å²) in [6.45, 7) is 4.78. The van der Waals surface area contributed by atoms with Crippen molar-refractivity contribution in [2.75, 3.05) is 6.61 Å². The second-order valence-electron chi connectivity index (χ2n) is 7.13. The maximum atomic E-state index is 14.7. The van der Waals surface area contributed by atoms with Crippen molar-refractivity contribution in [1.82, 2.24) is 0 Å². The number of thiophene rings is 1. The van der Waals surface area contributed by atoms with E-state index in [9.17, 15) is 4.39 Å². The Morgan fingerprint density at radius 3 is 2.40 bits per heavy atom. The SMILES string of the molecule is CCCc1ccc(-c2ccc(C#Cc3cc4ccc(OCC)cc4s3)c(F)c2)cc1. The van der Waals surface area contributed by atoms with Crippen LogP contribution in [0.4, 0.5) is 4.39 Å². The molecule has 1 nitrogen and oxygen atoms in total. The molecule has 0 aliphatic rings. The van der Waals surface area contributed by atoms with E-state index < -0.39 is 0 Å². The van der Waals surface area contributed by atoms with Crippen LogP contribution in [0, 0.1) is 17.7 Å². The van der Waals surface area contributed by atoms with Crippen molar-refractivity contribution in [3.05, 3.63) is 88.6 Å². The van der Waals surface area contributed by atoms with Crippen LogP contribution >= 0.6 is 11.3 Å². The zero-order valence-electron chi connectivity index (χ0n) is 17.2. The van der Waals surface area contributed by atoms with Gasteiger partial charge >= 0.3 is 0 Å². The van der Waals surface area contributed by atoms with Gasteiger partial charge in [-0.1, -0.05) is 55.5 Å². The predicted molar refractivity (Wildman–Crippen MR) is 125 cm³/mol. The summed E-state index contributed by atoms with van der Waals surface area (Å²) in [5, 5.41) is 1.12. The summed E-state index contributed by atoms with van der Waals surface area (Å²) in [7, 11) is 0. The van der Waals surface area contributed by atoms with Crippen LogP contribution < -0.4 is 4.74 Å². The summed E-state index contributed by atoms with van der Waals surface area (Å²) in [5.74, 6) is 6.66. The van der Waals surface area contributed by atoms with Gasteiger partial charge < -0.3 is 4.74 Å². The molecule has 30 heavy (non-hydrogen) atoms. The summed E-state index contributed by atoms with van der Waals surface area (Å²) in [6.07, 6.45) is 2.18. The first-order chi connectivity index (χ1) is 14.7. The summed E-state index contributed by atoms with van der Waals surface area (Å²) >= 11 is 1.59. The maximum absolute atomic E-state index is 14.7. The Morgan fingerprint density at radius 1 is 0.867 bits per heavy atom. The van der Waals surface area contributed by atoms with E-state index in [2.05, 4.69) is 43.0 Å². The quantitative estimate of drug-likeness (QED) is 0.308. The van der Waals surface area contributed by atoms with Crippen molar-refractivity contribution in [2.45, 2.75) is 26.7 Å². The highest BCUT2D eigenvalue weighted by Gasteiger charge is 2.05. The van der Waals surface area contributed by atoms with Crippen molar-refractivity contribution >= 4 is 21.4 Å². The molecule has 3 heteroatoms. The minimum atomic E-state index is -0.294. The summed E-state index contributed by atoms with van der Waals surface area (Å²) in [5.41, 5.74) is 3.60. The number of ether oxygens (including phenoxy) is 1. The highest BCUT2D eigenvalue weighted by molar-refractivity contribution is 7.19. The van der Waals surface area contributed by atoms with Gasteiger partial charge in [0.25, 0.3) is 0 Å². The Kier molecular flexibility index (Phi) is 6.16. The Hall–Kier alpha value is -3.09. The van der Waals surface area contributed by atoms with E-state index in [1.807, 2.05) is 37.3 Å². The fourth-order valence-corrected chi connectivity index (χ4v) is 4.35. The highest BCUT2D eigenvalue weighted by Crippen LogP contribution is 2.29. The van der Waals surface area contributed by atoms with Gasteiger partial charge in [0.1, 0.15) is 11.6 Å². The normalized spacial score (nSPS) is 10.6. The van der Waals surface area contributed by atoms with Gasteiger partial charge in [-0.15, -0.1) is 11.3 Å². The van der Waals surface area contributed by atoms with Gasteiger partial charge in [0, 0.05) is 4.70 Å². The molecule has 0 spiro atoms. The zero-order chi connectivity index (χ0) is 20.9. The number of benzene rings is 3. The summed E-state index contributed by atoms with van der Waals surface area (Å²) < 4.78 is 21.3. The van der Waals surface area contributed by atoms with E-state index in [4.69, 9.17) is 4.74 Å². The number of rotatable bonds is 5. The molecule has 0 saturated heterocycles. The highest BCUT2D eigenvalue weighted by atomic mass is 32.1. The molecule has 0 aliphatic carbocycles. The molecule has 1 aromatic heterocycles. The largest absolute Gasteiger partial charge is 0.494 e. The molecule has 3 aromatic carbocycles. The molecule has 0 N–H and O–H groups in total. The van der Waals surface area contributed by atoms with E-state index in [-0.39, 0.29) is 5.82 Å². The standard InChI is InChI=1S/C27H23FOS/c1-3-5-19-6-8-20(9-7-19)22-11-10-21(26(28)17-22)13-15-25-16-23-12-14-24(29-4-2)18-27(23)30-25/h6-12,14,16-18H,3-5H2,1-2H3. The Bertz CT molecular complexity index is 1230. The minimum Gasteiger partial charge on any atom is -0.494 e. The topological polar surface area (TPSA) is 9.23 Å². The first kappa shape index (κ1) is 20.2. The van der Waals surface area contributed by atoms with E-state index in [0.717, 1.165) is 44.7 Å². The van der Waals surface area contributed by atoms with Gasteiger partial charge in [-0.3, -0.25) is 0 Å². The third-order valence-electron chi connectivity index (χ3n) is 4.92. The van der Waals surface area contributed by atoms with Crippen LogP contribution in [-0.4, -0.2) is 6.61 Å². The third-order valence-corrected chi connectivity index (χ3v) is 5.93. The summed E-state index contributed by atoms with van der Waals surface area (Å²) in [4.78, 5) is 0.911. The molecule has 0 fully saturated rings. The van der Waals surface area contributed by atoms with Crippen molar-refractivity contribution in [3.63, 3.8) is 0 Å². The van der Waals surface area contributed by atoms with Crippen LogP contribution in [0.1, 0.15) is 36.3 Å². The fraction of sp³-hybridized carbons (Fsp3) is 0.185. The molecular weight excluding hydrogens is 391 g/mol. The third kappa shape index (κ3) is 4.56. The Labute approximate surface area is 181 Å². The molecule has 150 valence electrons. The number of fused-ring (bicyclic) bond motifs is 1.